The van der Waals surface area contributed by atoms with Gasteiger partial charge in [-0.15, -0.1) is 0 Å². The van der Waals surface area contributed by atoms with Crippen molar-refractivity contribution in [1.82, 2.24) is 5.32 Å². The summed E-state index contributed by atoms with van der Waals surface area (Å²) in [5.74, 6) is -3.10. The Labute approximate surface area is 146 Å². The van der Waals surface area contributed by atoms with Gasteiger partial charge < -0.3 is 10.6 Å². The zero-order valence-electron chi connectivity index (χ0n) is 13.9. The quantitative estimate of drug-likeness (QED) is 0.518. The van der Waals surface area contributed by atoms with Gasteiger partial charge in [0.1, 0.15) is 5.67 Å². The molecule has 0 unspecified atom stereocenters. The number of hydrogen-bond acceptors (Lipinski definition) is 1. The first-order chi connectivity index (χ1) is 11.0. The minimum atomic E-state index is -3.10. The molecule has 0 aliphatic heterocycles. The molecule has 0 radical (unpaired) electrons. The summed E-state index contributed by atoms with van der Waals surface area (Å²) >= 11 is 5.14. The van der Waals surface area contributed by atoms with Crippen molar-refractivity contribution >= 4 is 23.0 Å². The van der Waals surface area contributed by atoms with E-state index in [2.05, 4.69) is 23.8 Å². The van der Waals surface area contributed by atoms with Gasteiger partial charge in [-0.1, -0.05) is 19.2 Å². The maximum atomic E-state index is 14.2. The second kappa shape index (κ2) is 7.66. The molecule has 0 heterocycles. The summed E-state index contributed by atoms with van der Waals surface area (Å²) in [6.07, 6.45) is 4.73. The van der Waals surface area contributed by atoms with Crippen molar-refractivity contribution in [1.29, 1.82) is 0 Å². The first-order valence-corrected chi connectivity index (χ1v) is 7.64. The van der Waals surface area contributed by atoms with Crippen LogP contribution >= 0.6 is 12.2 Å². The first kappa shape index (κ1) is 20.0. The molecule has 6 heteroatoms. The van der Waals surface area contributed by atoms with Gasteiger partial charge in [0.2, 0.25) is 0 Å². The molecule has 2 N–H and O–H groups in total. The summed E-state index contributed by atoms with van der Waals surface area (Å²) < 4.78 is 41.6. The van der Waals surface area contributed by atoms with Crippen LogP contribution in [0.15, 0.2) is 55.3 Å². The van der Waals surface area contributed by atoms with Crippen LogP contribution < -0.4 is 10.6 Å². The van der Waals surface area contributed by atoms with E-state index in [-0.39, 0.29) is 21.9 Å². The van der Waals surface area contributed by atoms with Gasteiger partial charge in [-0.2, -0.15) is 0 Å². The highest BCUT2D eigenvalue weighted by atomic mass is 32.1. The van der Waals surface area contributed by atoms with E-state index >= 15 is 0 Å². The Kier molecular flexibility index (Phi) is 6.37. The Morgan fingerprint density at radius 2 is 1.67 bits per heavy atom. The number of nitrogens with one attached hydrogen (secondary N) is 2. The minimum Gasteiger partial charge on any atom is -0.333 e. The maximum Gasteiger partial charge on any atom is 0.270 e. The second-order valence-electron chi connectivity index (χ2n) is 5.80. The van der Waals surface area contributed by atoms with Gasteiger partial charge in [0, 0.05) is 23.9 Å². The molecule has 0 amide bonds. The average Bonchev–Trinajstić information content (AvgIpc) is 2.44. The predicted octanol–water partition coefficient (Wildman–Crippen LogP) is 5.55. The highest BCUT2D eigenvalue weighted by Gasteiger charge is 2.28. The monoisotopic (exact) mass is 354 g/mol. The smallest absolute Gasteiger partial charge is 0.270 e. The van der Waals surface area contributed by atoms with Crippen LogP contribution in [-0.2, 0) is 11.6 Å². The molecule has 130 valence electrons. The van der Waals surface area contributed by atoms with Gasteiger partial charge in [-0.05, 0) is 62.0 Å². The largest absolute Gasteiger partial charge is 0.333 e. The summed E-state index contributed by atoms with van der Waals surface area (Å²) in [4.78, 5) is 0. The van der Waals surface area contributed by atoms with E-state index in [4.69, 9.17) is 12.2 Å². The molecular formula is C18H21F3N2S. The van der Waals surface area contributed by atoms with E-state index in [1.54, 1.807) is 12.2 Å². The van der Waals surface area contributed by atoms with Gasteiger partial charge in [-0.3, -0.25) is 0 Å². The summed E-state index contributed by atoms with van der Waals surface area (Å²) in [6.45, 7) is 10.6. The summed E-state index contributed by atoms with van der Waals surface area (Å²) in [6, 6.07) is 3.86. The van der Waals surface area contributed by atoms with E-state index in [9.17, 15) is 13.2 Å². The number of halogens is 3. The minimum absolute atomic E-state index is 0.136. The Bertz CT molecular complexity index is 636. The fraction of sp³-hybridized carbons (Fsp3) is 0.278. The standard InChI is InChI=1S/C18H21F3N2S/c1-6-8-14(7-2)22-16(24)23-15-10-12(17(3,4)19)9-13(11-15)18(5,20)21/h6-11H,1-2H2,3-5H3,(H2,22,23,24)/b14-8+. The number of allylic oxidation sites excluding steroid dienone is 3. The Balaban J connectivity index is 3.15. The topological polar surface area (TPSA) is 24.1 Å². The number of rotatable bonds is 6. The van der Waals surface area contributed by atoms with Gasteiger partial charge in [0.25, 0.3) is 5.92 Å². The third-order valence-electron chi connectivity index (χ3n) is 3.16. The van der Waals surface area contributed by atoms with Crippen LogP contribution in [-0.4, -0.2) is 5.11 Å². The van der Waals surface area contributed by atoms with Crippen LogP contribution in [0.2, 0.25) is 0 Å². The predicted molar refractivity (Wildman–Crippen MR) is 98.0 cm³/mol. The van der Waals surface area contributed by atoms with Crippen molar-refractivity contribution in [3.05, 3.63) is 66.4 Å². The fourth-order valence-corrected chi connectivity index (χ4v) is 2.11. The van der Waals surface area contributed by atoms with Gasteiger partial charge in [-0.25, -0.2) is 13.2 Å². The summed E-state index contributed by atoms with van der Waals surface area (Å²) in [7, 11) is 0. The Hall–Kier alpha value is -2.08. The highest BCUT2D eigenvalue weighted by molar-refractivity contribution is 7.80. The third kappa shape index (κ3) is 5.85. The Morgan fingerprint density at radius 3 is 2.12 bits per heavy atom. The van der Waals surface area contributed by atoms with E-state index in [0.29, 0.717) is 5.70 Å². The molecule has 0 aromatic heterocycles. The van der Waals surface area contributed by atoms with Crippen molar-refractivity contribution < 1.29 is 13.2 Å². The van der Waals surface area contributed by atoms with Crippen molar-refractivity contribution in [3.63, 3.8) is 0 Å². The maximum absolute atomic E-state index is 14.2. The number of anilines is 1. The lowest BCUT2D eigenvalue weighted by molar-refractivity contribution is 0.0172. The summed E-state index contributed by atoms with van der Waals surface area (Å²) in [5, 5.41) is 5.80. The molecule has 0 fully saturated rings. The van der Waals surface area contributed by atoms with Gasteiger partial charge in [0.05, 0.1) is 0 Å². The van der Waals surface area contributed by atoms with Crippen LogP contribution in [0.25, 0.3) is 0 Å². The third-order valence-corrected chi connectivity index (χ3v) is 3.36. The fourth-order valence-electron chi connectivity index (χ4n) is 1.88. The molecule has 0 aliphatic rings. The molecule has 0 saturated heterocycles. The molecule has 1 aromatic rings. The molecule has 1 rings (SSSR count). The number of hydrogen-bond donors (Lipinski definition) is 2. The van der Waals surface area contributed by atoms with Crippen molar-refractivity contribution in [2.45, 2.75) is 32.4 Å². The van der Waals surface area contributed by atoms with Crippen LogP contribution in [0, 0.1) is 0 Å². The highest BCUT2D eigenvalue weighted by Crippen LogP contribution is 2.34. The Morgan fingerprint density at radius 1 is 1.08 bits per heavy atom. The average molecular weight is 354 g/mol. The van der Waals surface area contributed by atoms with Crippen LogP contribution in [0.4, 0.5) is 18.9 Å². The van der Waals surface area contributed by atoms with Crippen LogP contribution in [0.1, 0.15) is 31.9 Å². The lowest BCUT2D eigenvalue weighted by atomic mass is 9.95. The molecule has 2 nitrogen and oxygen atoms in total. The van der Waals surface area contributed by atoms with E-state index in [1.807, 2.05) is 0 Å². The molecule has 0 bridgehead atoms. The van der Waals surface area contributed by atoms with Crippen LogP contribution in [0.3, 0.4) is 0 Å². The molecule has 0 aliphatic carbocycles. The zero-order valence-corrected chi connectivity index (χ0v) is 14.7. The molecule has 1 aromatic carbocycles. The molecule has 0 atom stereocenters. The van der Waals surface area contributed by atoms with E-state index in [0.717, 1.165) is 13.0 Å². The second-order valence-corrected chi connectivity index (χ2v) is 6.21. The van der Waals surface area contributed by atoms with E-state index < -0.39 is 11.6 Å². The number of alkyl halides is 3. The lowest BCUT2D eigenvalue weighted by Gasteiger charge is -2.21. The molecule has 24 heavy (non-hydrogen) atoms. The molecule has 0 spiro atoms. The molecule has 0 saturated carbocycles. The summed E-state index contributed by atoms with van der Waals surface area (Å²) in [5.41, 5.74) is -1.05. The SMILES string of the molecule is C=C/C=C(\C=C)NC(=S)Nc1cc(C(C)(C)F)cc(C(C)(F)F)c1. The lowest BCUT2D eigenvalue weighted by Crippen LogP contribution is -2.27. The van der Waals surface area contributed by atoms with Crippen LogP contribution in [0.5, 0.6) is 0 Å². The van der Waals surface area contributed by atoms with Gasteiger partial charge >= 0.3 is 0 Å². The van der Waals surface area contributed by atoms with Crippen molar-refractivity contribution in [2.24, 2.45) is 0 Å². The normalized spacial score (nSPS) is 12.5. The van der Waals surface area contributed by atoms with Crippen molar-refractivity contribution in [3.8, 4) is 0 Å². The van der Waals surface area contributed by atoms with E-state index in [1.165, 1.54) is 32.1 Å². The first-order valence-electron chi connectivity index (χ1n) is 7.23. The van der Waals surface area contributed by atoms with Crippen molar-refractivity contribution in [2.75, 3.05) is 5.32 Å². The number of thiocarbonyl (C=S) groups is 1. The zero-order chi connectivity index (χ0) is 18.5. The molecular weight excluding hydrogens is 333 g/mol. The van der Waals surface area contributed by atoms with Gasteiger partial charge in [0.15, 0.2) is 5.11 Å². The number of benzene rings is 1.